The largest absolute Gasteiger partial charge is 0.326 e. The maximum Gasteiger partial charge on any atom is 0.0508 e. The Morgan fingerprint density at radius 1 is 1.45 bits per heavy atom. The molecule has 0 aliphatic carbocycles. The van der Waals surface area contributed by atoms with Crippen molar-refractivity contribution in [1.29, 1.82) is 0 Å². The van der Waals surface area contributed by atoms with Crippen LogP contribution in [0.1, 0.15) is 24.9 Å². The summed E-state index contributed by atoms with van der Waals surface area (Å²) in [6.07, 6.45) is 1.27. The third-order valence-electron chi connectivity index (χ3n) is 4.23. The van der Waals surface area contributed by atoms with Gasteiger partial charge in [-0.2, -0.15) is 0 Å². The molecule has 2 N–H and O–H groups in total. The van der Waals surface area contributed by atoms with Crippen molar-refractivity contribution in [2.45, 2.75) is 25.4 Å². The molecule has 20 heavy (non-hydrogen) atoms. The lowest BCUT2D eigenvalue weighted by Gasteiger charge is -2.33. The fourth-order valence-corrected chi connectivity index (χ4v) is 3.58. The lowest BCUT2D eigenvalue weighted by Crippen LogP contribution is -2.40. The Hall–Kier alpha value is -0.610. The van der Waals surface area contributed by atoms with Crippen LogP contribution in [0.5, 0.6) is 0 Å². The van der Waals surface area contributed by atoms with Gasteiger partial charge in [0.25, 0.3) is 0 Å². The van der Waals surface area contributed by atoms with E-state index in [0.29, 0.717) is 0 Å². The fraction of sp³-hybridized carbons (Fsp3) is 0.625. The molecule has 1 aromatic carbocycles. The van der Waals surface area contributed by atoms with Crippen molar-refractivity contribution in [3.05, 3.63) is 34.9 Å². The van der Waals surface area contributed by atoms with E-state index in [1.165, 1.54) is 19.5 Å². The number of hydrogen-bond acceptors (Lipinski definition) is 3. The van der Waals surface area contributed by atoms with Crippen LogP contribution in [0.3, 0.4) is 0 Å². The zero-order valence-electron chi connectivity index (χ0n) is 12.7. The first-order valence-corrected chi connectivity index (χ1v) is 7.75. The Labute approximate surface area is 127 Å². The molecular formula is C16H26ClN3. The molecule has 3 unspecified atom stereocenters. The monoisotopic (exact) mass is 295 g/mol. The molecule has 1 aliphatic heterocycles. The predicted octanol–water partition coefficient (Wildman–Crippen LogP) is 2.61. The smallest absolute Gasteiger partial charge is 0.0508 e. The van der Waals surface area contributed by atoms with E-state index < -0.39 is 0 Å². The van der Waals surface area contributed by atoms with Crippen LogP contribution in [0.25, 0.3) is 0 Å². The van der Waals surface area contributed by atoms with E-state index in [0.717, 1.165) is 23.0 Å². The van der Waals surface area contributed by atoms with E-state index in [1.54, 1.807) is 0 Å². The summed E-state index contributed by atoms with van der Waals surface area (Å²) in [5, 5.41) is 0.810. The topological polar surface area (TPSA) is 32.5 Å². The van der Waals surface area contributed by atoms with E-state index in [4.69, 9.17) is 17.3 Å². The van der Waals surface area contributed by atoms with Crippen LogP contribution in [0.15, 0.2) is 24.3 Å². The molecule has 1 saturated heterocycles. The number of hydrogen-bond donors (Lipinski definition) is 1. The van der Waals surface area contributed by atoms with Gasteiger partial charge in [-0.25, -0.2) is 0 Å². The minimum absolute atomic E-state index is 0.0547. The van der Waals surface area contributed by atoms with Crippen molar-refractivity contribution in [2.24, 2.45) is 11.7 Å². The van der Waals surface area contributed by atoms with Gasteiger partial charge in [0.2, 0.25) is 0 Å². The molecule has 0 aromatic heterocycles. The Kier molecular flexibility index (Phi) is 5.44. The highest BCUT2D eigenvalue weighted by Gasteiger charge is 2.27. The number of benzene rings is 1. The number of nitrogens with zero attached hydrogens (tertiary/aromatic N) is 2. The molecule has 4 heteroatoms. The van der Waals surface area contributed by atoms with Crippen molar-refractivity contribution in [1.82, 2.24) is 9.80 Å². The van der Waals surface area contributed by atoms with Gasteiger partial charge in [0, 0.05) is 24.2 Å². The number of halogens is 1. The van der Waals surface area contributed by atoms with Gasteiger partial charge < -0.3 is 10.6 Å². The zero-order valence-corrected chi connectivity index (χ0v) is 13.5. The van der Waals surface area contributed by atoms with E-state index in [2.05, 4.69) is 36.9 Å². The molecule has 1 fully saturated rings. The van der Waals surface area contributed by atoms with Crippen LogP contribution in [0.2, 0.25) is 5.02 Å². The summed E-state index contributed by atoms with van der Waals surface area (Å²) in [4.78, 5) is 4.77. The highest BCUT2D eigenvalue weighted by Crippen LogP contribution is 2.30. The molecule has 1 aliphatic rings. The van der Waals surface area contributed by atoms with Crippen LogP contribution >= 0.6 is 11.6 Å². The number of likely N-dealkylation sites (tertiary alicyclic amines) is 1. The molecule has 0 spiro atoms. The molecule has 0 amide bonds. The summed E-state index contributed by atoms with van der Waals surface area (Å²) in [5.74, 6) is 0.730. The summed E-state index contributed by atoms with van der Waals surface area (Å²) in [5.41, 5.74) is 7.37. The molecule has 3 nitrogen and oxygen atoms in total. The van der Waals surface area contributed by atoms with E-state index in [9.17, 15) is 0 Å². The van der Waals surface area contributed by atoms with E-state index in [-0.39, 0.29) is 12.1 Å². The number of rotatable bonds is 5. The van der Waals surface area contributed by atoms with Crippen LogP contribution < -0.4 is 5.73 Å². The first kappa shape index (κ1) is 15.8. The normalized spacial score (nSPS) is 23.2. The first-order chi connectivity index (χ1) is 9.49. The van der Waals surface area contributed by atoms with Crippen molar-refractivity contribution in [3.63, 3.8) is 0 Å². The lowest BCUT2D eigenvalue weighted by atomic mass is 9.98. The Morgan fingerprint density at radius 2 is 2.15 bits per heavy atom. The van der Waals surface area contributed by atoms with Gasteiger partial charge in [-0.1, -0.05) is 29.8 Å². The molecule has 0 bridgehead atoms. The first-order valence-electron chi connectivity index (χ1n) is 7.38. The Balaban J connectivity index is 2.10. The van der Waals surface area contributed by atoms with Crippen molar-refractivity contribution < 1.29 is 0 Å². The SMILES string of the molecule is CC(N)C(c1ccccc1Cl)N(C)CC1CCN(C)C1. The summed E-state index contributed by atoms with van der Waals surface area (Å²) < 4.78 is 0. The summed E-state index contributed by atoms with van der Waals surface area (Å²) in [6.45, 7) is 5.51. The van der Waals surface area contributed by atoms with Gasteiger partial charge in [0.05, 0.1) is 6.04 Å². The minimum atomic E-state index is 0.0547. The van der Waals surface area contributed by atoms with Gasteiger partial charge >= 0.3 is 0 Å². The molecule has 0 saturated carbocycles. The van der Waals surface area contributed by atoms with Crippen molar-refractivity contribution in [2.75, 3.05) is 33.7 Å². The lowest BCUT2D eigenvalue weighted by molar-refractivity contribution is 0.188. The standard InChI is InChI=1S/C16H26ClN3/c1-12(18)16(14-6-4-5-7-15(14)17)20(3)11-13-8-9-19(2)10-13/h4-7,12-13,16H,8-11,18H2,1-3H3. The van der Waals surface area contributed by atoms with E-state index in [1.807, 2.05) is 18.2 Å². The molecular weight excluding hydrogens is 270 g/mol. The molecule has 1 heterocycles. The second kappa shape index (κ2) is 6.90. The summed E-state index contributed by atoms with van der Waals surface area (Å²) in [6, 6.07) is 8.27. The predicted molar refractivity (Wildman–Crippen MR) is 86.1 cm³/mol. The maximum atomic E-state index is 6.36. The Morgan fingerprint density at radius 3 is 2.70 bits per heavy atom. The second-order valence-corrected chi connectivity index (χ2v) is 6.59. The fourth-order valence-electron chi connectivity index (χ4n) is 3.33. The highest BCUT2D eigenvalue weighted by molar-refractivity contribution is 6.31. The number of likely N-dealkylation sites (N-methyl/N-ethyl adjacent to an activating group) is 1. The molecule has 2 rings (SSSR count). The average Bonchev–Trinajstić information content (AvgIpc) is 2.77. The molecule has 1 aromatic rings. The quantitative estimate of drug-likeness (QED) is 0.906. The summed E-state index contributed by atoms with van der Waals surface area (Å²) in [7, 11) is 4.35. The van der Waals surface area contributed by atoms with Crippen LogP contribution in [0.4, 0.5) is 0 Å². The molecule has 3 atom stereocenters. The molecule has 112 valence electrons. The van der Waals surface area contributed by atoms with Crippen LogP contribution in [-0.4, -0.2) is 49.6 Å². The minimum Gasteiger partial charge on any atom is -0.326 e. The Bertz CT molecular complexity index is 435. The average molecular weight is 296 g/mol. The highest BCUT2D eigenvalue weighted by atomic mass is 35.5. The van der Waals surface area contributed by atoms with Gasteiger partial charge in [-0.15, -0.1) is 0 Å². The van der Waals surface area contributed by atoms with Crippen LogP contribution in [-0.2, 0) is 0 Å². The maximum absolute atomic E-state index is 6.36. The third-order valence-corrected chi connectivity index (χ3v) is 4.58. The third kappa shape index (κ3) is 3.73. The van der Waals surface area contributed by atoms with Gasteiger partial charge in [0.15, 0.2) is 0 Å². The zero-order chi connectivity index (χ0) is 14.7. The second-order valence-electron chi connectivity index (χ2n) is 6.18. The van der Waals surface area contributed by atoms with Crippen molar-refractivity contribution >= 4 is 11.6 Å². The van der Waals surface area contributed by atoms with Gasteiger partial charge in [0.1, 0.15) is 0 Å². The molecule has 0 radical (unpaired) electrons. The summed E-state index contributed by atoms with van der Waals surface area (Å²) >= 11 is 6.36. The van der Waals surface area contributed by atoms with Crippen molar-refractivity contribution in [3.8, 4) is 0 Å². The van der Waals surface area contributed by atoms with Gasteiger partial charge in [-0.3, -0.25) is 4.90 Å². The number of nitrogens with two attached hydrogens (primary N) is 1. The van der Waals surface area contributed by atoms with Gasteiger partial charge in [-0.05, 0) is 51.5 Å². The van der Waals surface area contributed by atoms with Crippen LogP contribution in [0, 0.1) is 5.92 Å². The van der Waals surface area contributed by atoms with E-state index >= 15 is 0 Å².